The van der Waals surface area contributed by atoms with E-state index in [1.54, 1.807) is 24.3 Å². The molecule has 0 unspecified atom stereocenters. The number of hydrogen-bond acceptors (Lipinski definition) is 5. The molecule has 0 radical (unpaired) electrons. The van der Waals surface area contributed by atoms with Crippen molar-refractivity contribution in [1.82, 2.24) is 4.90 Å². The largest absolute Gasteiger partial charge is 0.382 e. The van der Waals surface area contributed by atoms with Gasteiger partial charge in [-0.1, -0.05) is 0 Å². The number of primary amides is 1. The fraction of sp³-hybridized carbons (Fsp3) is 0.500. The number of benzene rings is 1. The van der Waals surface area contributed by atoms with Crippen molar-refractivity contribution in [2.75, 3.05) is 31.2 Å². The maximum atomic E-state index is 11.4. The molecule has 1 fully saturated rings. The minimum atomic E-state index is -3.15. The average Bonchev–Trinajstić information content (AvgIpc) is 2.40. The second kappa shape index (κ2) is 6.44. The molecule has 1 heterocycles. The van der Waals surface area contributed by atoms with Gasteiger partial charge in [-0.15, -0.1) is 0 Å². The van der Waals surface area contributed by atoms with Crippen molar-refractivity contribution in [2.45, 2.75) is 23.8 Å². The molecule has 116 valence electrons. The smallest absolute Gasteiger partial charge is 0.231 e. The van der Waals surface area contributed by atoms with E-state index in [2.05, 4.69) is 5.32 Å². The highest BCUT2D eigenvalue weighted by Gasteiger charge is 2.20. The first-order chi connectivity index (χ1) is 9.84. The number of nitrogens with zero attached hydrogens (tertiary/aromatic N) is 1. The lowest BCUT2D eigenvalue weighted by atomic mass is 10.0. The van der Waals surface area contributed by atoms with Crippen LogP contribution >= 0.6 is 0 Å². The van der Waals surface area contributed by atoms with Crippen LogP contribution in [0.4, 0.5) is 5.69 Å². The highest BCUT2D eigenvalue weighted by Crippen LogP contribution is 2.18. The van der Waals surface area contributed by atoms with E-state index in [0.717, 1.165) is 31.6 Å². The third-order valence-corrected chi connectivity index (χ3v) is 4.75. The summed E-state index contributed by atoms with van der Waals surface area (Å²) in [6.45, 7) is 1.99. The number of carbonyl (C=O) groups is 1. The van der Waals surface area contributed by atoms with Crippen molar-refractivity contribution in [3.8, 4) is 0 Å². The van der Waals surface area contributed by atoms with Gasteiger partial charge >= 0.3 is 0 Å². The molecule has 1 aliphatic rings. The Morgan fingerprint density at radius 3 is 2.33 bits per heavy atom. The second-order valence-corrected chi connectivity index (χ2v) is 7.47. The summed E-state index contributed by atoms with van der Waals surface area (Å²) < 4.78 is 22.8. The molecule has 0 atom stereocenters. The molecular formula is C14H21N3O3S. The Morgan fingerprint density at radius 2 is 1.86 bits per heavy atom. The topological polar surface area (TPSA) is 92.5 Å². The fourth-order valence-corrected chi connectivity index (χ4v) is 3.12. The maximum Gasteiger partial charge on any atom is 0.231 e. The van der Waals surface area contributed by atoms with Crippen molar-refractivity contribution in [3.05, 3.63) is 24.3 Å². The van der Waals surface area contributed by atoms with Crippen LogP contribution in [0.2, 0.25) is 0 Å². The van der Waals surface area contributed by atoms with E-state index in [4.69, 9.17) is 5.73 Å². The van der Waals surface area contributed by atoms with Crippen LogP contribution in [0.1, 0.15) is 12.8 Å². The molecule has 0 aliphatic carbocycles. The molecule has 0 aromatic heterocycles. The molecule has 2 rings (SSSR count). The van der Waals surface area contributed by atoms with Gasteiger partial charge < -0.3 is 11.1 Å². The quantitative estimate of drug-likeness (QED) is 0.824. The van der Waals surface area contributed by atoms with Crippen LogP contribution in [-0.4, -0.2) is 51.2 Å². The Labute approximate surface area is 125 Å². The SMILES string of the molecule is CS(=O)(=O)c1ccc(NC2CCN(CC(N)=O)CC2)cc1. The van der Waals surface area contributed by atoms with E-state index in [1.807, 2.05) is 4.90 Å². The number of piperidine rings is 1. The summed E-state index contributed by atoms with van der Waals surface area (Å²) in [5.41, 5.74) is 6.10. The number of nitrogens with two attached hydrogens (primary N) is 1. The van der Waals surface area contributed by atoms with Gasteiger partial charge in [0.05, 0.1) is 11.4 Å². The van der Waals surface area contributed by atoms with Gasteiger partial charge in [0, 0.05) is 31.1 Å². The summed E-state index contributed by atoms with van der Waals surface area (Å²) in [6.07, 6.45) is 3.06. The fourth-order valence-electron chi connectivity index (χ4n) is 2.49. The summed E-state index contributed by atoms with van der Waals surface area (Å²) in [4.78, 5) is 13.2. The van der Waals surface area contributed by atoms with Gasteiger partial charge in [-0.05, 0) is 37.1 Å². The van der Waals surface area contributed by atoms with Gasteiger partial charge in [-0.25, -0.2) is 8.42 Å². The summed E-state index contributed by atoms with van der Waals surface area (Å²) in [6, 6.07) is 7.12. The number of anilines is 1. The van der Waals surface area contributed by atoms with Gasteiger partial charge in [-0.3, -0.25) is 9.69 Å². The van der Waals surface area contributed by atoms with Crippen molar-refractivity contribution in [1.29, 1.82) is 0 Å². The van der Waals surface area contributed by atoms with Gasteiger partial charge in [0.1, 0.15) is 0 Å². The first-order valence-corrected chi connectivity index (χ1v) is 8.81. The molecule has 1 saturated heterocycles. The number of nitrogens with one attached hydrogen (secondary N) is 1. The van der Waals surface area contributed by atoms with Crippen LogP contribution in [0.15, 0.2) is 29.2 Å². The Morgan fingerprint density at radius 1 is 1.29 bits per heavy atom. The Hall–Kier alpha value is -1.60. The molecule has 7 heteroatoms. The second-order valence-electron chi connectivity index (χ2n) is 5.46. The van der Waals surface area contributed by atoms with Crippen molar-refractivity contribution in [2.24, 2.45) is 5.73 Å². The van der Waals surface area contributed by atoms with Gasteiger partial charge in [-0.2, -0.15) is 0 Å². The molecule has 6 nitrogen and oxygen atoms in total. The average molecular weight is 311 g/mol. The molecule has 3 N–H and O–H groups in total. The van der Waals surface area contributed by atoms with Gasteiger partial charge in [0.25, 0.3) is 0 Å². The van der Waals surface area contributed by atoms with E-state index in [9.17, 15) is 13.2 Å². The van der Waals surface area contributed by atoms with E-state index in [0.29, 0.717) is 17.5 Å². The highest BCUT2D eigenvalue weighted by atomic mass is 32.2. The zero-order valence-corrected chi connectivity index (χ0v) is 12.9. The molecule has 1 aromatic rings. The number of carbonyl (C=O) groups excluding carboxylic acids is 1. The Kier molecular flexibility index (Phi) is 4.84. The van der Waals surface area contributed by atoms with Gasteiger partial charge in [0.15, 0.2) is 9.84 Å². The summed E-state index contributed by atoms with van der Waals surface area (Å²) >= 11 is 0. The minimum Gasteiger partial charge on any atom is -0.382 e. The Bertz CT molecular complexity index is 590. The van der Waals surface area contributed by atoms with Crippen LogP contribution < -0.4 is 11.1 Å². The monoisotopic (exact) mass is 311 g/mol. The molecule has 0 saturated carbocycles. The highest BCUT2D eigenvalue weighted by molar-refractivity contribution is 7.90. The summed E-state index contributed by atoms with van der Waals surface area (Å²) in [5, 5.41) is 3.40. The lowest BCUT2D eigenvalue weighted by molar-refractivity contribution is -0.119. The van der Waals surface area contributed by atoms with Crippen LogP contribution in [-0.2, 0) is 14.6 Å². The third-order valence-electron chi connectivity index (χ3n) is 3.62. The maximum absolute atomic E-state index is 11.4. The van der Waals surface area contributed by atoms with E-state index >= 15 is 0 Å². The standard InChI is InChI=1S/C14H21N3O3S/c1-21(19,20)13-4-2-11(3-5-13)16-12-6-8-17(9-7-12)10-14(15)18/h2-5,12,16H,6-10H2,1H3,(H2,15,18). The first-order valence-electron chi connectivity index (χ1n) is 6.92. The number of amides is 1. The van der Waals surface area contributed by atoms with Crippen molar-refractivity contribution in [3.63, 3.8) is 0 Å². The predicted molar refractivity (Wildman–Crippen MR) is 81.8 cm³/mol. The molecule has 21 heavy (non-hydrogen) atoms. The Balaban J connectivity index is 1.88. The molecule has 1 aromatic carbocycles. The number of rotatable bonds is 5. The van der Waals surface area contributed by atoms with Crippen LogP contribution in [0.25, 0.3) is 0 Å². The molecule has 1 aliphatic heterocycles. The summed E-state index contributed by atoms with van der Waals surface area (Å²) in [7, 11) is -3.15. The van der Waals surface area contributed by atoms with Crippen molar-refractivity contribution < 1.29 is 13.2 Å². The lowest BCUT2D eigenvalue weighted by Crippen LogP contribution is -2.42. The number of likely N-dealkylation sites (tertiary alicyclic amines) is 1. The summed E-state index contributed by atoms with van der Waals surface area (Å²) in [5.74, 6) is -0.294. The van der Waals surface area contributed by atoms with E-state index in [1.165, 1.54) is 6.26 Å². The van der Waals surface area contributed by atoms with E-state index in [-0.39, 0.29) is 5.91 Å². The minimum absolute atomic E-state index is 0.294. The predicted octanol–water partition coefficient (Wildman–Crippen LogP) is 0.452. The normalized spacial score (nSPS) is 17.6. The number of hydrogen-bond donors (Lipinski definition) is 2. The zero-order chi connectivity index (χ0) is 15.5. The number of sulfone groups is 1. The molecule has 0 spiro atoms. The van der Waals surface area contributed by atoms with Crippen molar-refractivity contribution >= 4 is 21.4 Å². The molecule has 0 bridgehead atoms. The van der Waals surface area contributed by atoms with Crippen LogP contribution in [0.3, 0.4) is 0 Å². The first kappa shape index (κ1) is 15.8. The molecule has 1 amide bonds. The lowest BCUT2D eigenvalue weighted by Gasteiger charge is -2.32. The van der Waals surface area contributed by atoms with Crippen LogP contribution in [0, 0.1) is 0 Å². The zero-order valence-electron chi connectivity index (χ0n) is 12.1. The van der Waals surface area contributed by atoms with Crippen LogP contribution in [0.5, 0.6) is 0 Å². The third kappa shape index (κ3) is 4.71. The van der Waals surface area contributed by atoms with E-state index < -0.39 is 9.84 Å². The van der Waals surface area contributed by atoms with Gasteiger partial charge in [0.2, 0.25) is 5.91 Å². The molecular weight excluding hydrogens is 290 g/mol.